The first-order valence-electron chi connectivity index (χ1n) is 8.34. The maximum absolute atomic E-state index is 12.8. The van der Waals surface area contributed by atoms with Gasteiger partial charge in [-0.15, -0.1) is 6.58 Å². The van der Waals surface area contributed by atoms with Crippen molar-refractivity contribution in [3.8, 4) is 0 Å². The molecular weight excluding hydrogens is 319 g/mol. The average Bonchev–Trinajstić information content (AvgIpc) is 3.10. The van der Waals surface area contributed by atoms with Crippen molar-refractivity contribution in [2.45, 2.75) is 52.4 Å². The monoisotopic (exact) mass is 344 g/mol. The molecule has 0 saturated heterocycles. The summed E-state index contributed by atoms with van der Waals surface area (Å²) >= 11 is 11.9. The van der Waals surface area contributed by atoms with Crippen LogP contribution in [0.2, 0.25) is 0 Å². The molecule has 0 aromatic carbocycles. The maximum atomic E-state index is 12.8. The zero-order valence-electron chi connectivity index (χ0n) is 13.5. The average molecular weight is 345 g/mol. The normalized spacial score (nSPS) is 34.8. The van der Waals surface area contributed by atoms with Gasteiger partial charge in [-0.25, -0.2) is 0 Å². The van der Waals surface area contributed by atoms with Gasteiger partial charge in [0.15, 0.2) is 0 Å². The van der Waals surface area contributed by atoms with E-state index in [1.165, 1.54) is 19.3 Å². The summed E-state index contributed by atoms with van der Waals surface area (Å²) in [4.78, 5) is 12.8. The number of hydrogen-bond donors (Lipinski definition) is 0. The van der Waals surface area contributed by atoms with Crippen molar-refractivity contribution in [3.63, 3.8) is 0 Å². The minimum atomic E-state index is -0.672. The van der Waals surface area contributed by atoms with Crippen LogP contribution in [-0.2, 0) is 9.53 Å². The largest absolute Gasteiger partial charge is 0.465 e. The summed E-state index contributed by atoms with van der Waals surface area (Å²) in [6.45, 7) is 8.35. The van der Waals surface area contributed by atoms with Crippen LogP contribution in [0.15, 0.2) is 23.2 Å². The Balaban J connectivity index is 2.45. The van der Waals surface area contributed by atoms with E-state index in [9.17, 15) is 4.79 Å². The second-order valence-electron chi connectivity index (χ2n) is 6.46. The second-order valence-corrected chi connectivity index (χ2v) is 7.46. The standard InChI is InChI=1S/C18H26Cl2O2/c1-4-17(13-10-8-7-9-11-13)14(12-15(19)20)18(17,5-2)16(21)22-6-3/h5,12-14H,2,4,6-11H2,1,3H3. The molecule has 22 heavy (non-hydrogen) atoms. The third kappa shape index (κ3) is 2.53. The van der Waals surface area contributed by atoms with Gasteiger partial charge in [0.2, 0.25) is 0 Å². The van der Waals surface area contributed by atoms with Crippen molar-refractivity contribution >= 4 is 29.2 Å². The third-order valence-electron chi connectivity index (χ3n) is 5.88. The fraction of sp³-hybridized carbons (Fsp3) is 0.722. The molecule has 0 radical (unpaired) electrons. The predicted octanol–water partition coefficient (Wildman–Crippen LogP) is 5.65. The predicted molar refractivity (Wildman–Crippen MR) is 91.8 cm³/mol. The minimum Gasteiger partial charge on any atom is -0.465 e. The molecule has 124 valence electrons. The Morgan fingerprint density at radius 2 is 1.91 bits per heavy atom. The Morgan fingerprint density at radius 1 is 1.27 bits per heavy atom. The highest BCUT2D eigenvalue weighted by molar-refractivity contribution is 6.55. The van der Waals surface area contributed by atoms with Crippen LogP contribution in [0.3, 0.4) is 0 Å². The van der Waals surface area contributed by atoms with Crippen molar-refractivity contribution < 1.29 is 9.53 Å². The van der Waals surface area contributed by atoms with E-state index in [4.69, 9.17) is 27.9 Å². The Morgan fingerprint density at radius 3 is 2.36 bits per heavy atom. The Kier molecular flexibility index (Phi) is 5.66. The fourth-order valence-corrected chi connectivity index (χ4v) is 5.25. The van der Waals surface area contributed by atoms with Crippen molar-refractivity contribution in [2.24, 2.45) is 22.7 Å². The number of carbonyl (C=O) groups excluding carboxylic acids is 1. The van der Waals surface area contributed by atoms with Crippen LogP contribution >= 0.6 is 23.2 Å². The van der Waals surface area contributed by atoms with Gasteiger partial charge in [0.05, 0.1) is 12.0 Å². The quantitative estimate of drug-likeness (QED) is 0.459. The van der Waals surface area contributed by atoms with Gasteiger partial charge in [0.25, 0.3) is 0 Å². The molecule has 2 rings (SSSR count). The number of allylic oxidation sites excluding steroid dienone is 1. The molecule has 0 aromatic rings. The van der Waals surface area contributed by atoms with E-state index in [0.717, 1.165) is 19.3 Å². The highest BCUT2D eigenvalue weighted by atomic mass is 35.5. The molecule has 2 fully saturated rings. The molecule has 3 atom stereocenters. The summed E-state index contributed by atoms with van der Waals surface area (Å²) in [6.07, 6.45) is 10.6. The first kappa shape index (κ1) is 17.9. The molecular formula is C18H26Cl2O2. The number of carbonyl (C=O) groups is 1. The summed E-state index contributed by atoms with van der Waals surface area (Å²) in [5, 5.41) is 0. The zero-order valence-corrected chi connectivity index (χ0v) is 15.1. The molecule has 2 saturated carbocycles. The highest BCUT2D eigenvalue weighted by Crippen LogP contribution is 2.78. The molecule has 2 aliphatic carbocycles. The lowest BCUT2D eigenvalue weighted by Gasteiger charge is -2.33. The van der Waals surface area contributed by atoms with Gasteiger partial charge < -0.3 is 4.74 Å². The van der Waals surface area contributed by atoms with Crippen molar-refractivity contribution in [1.29, 1.82) is 0 Å². The first-order valence-corrected chi connectivity index (χ1v) is 9.10. The molecule has 0 bridgehead atoms. The first-order chi connectivity index (χ1) is 10.5. The summed E-state index contributed by atoms with van der Waals surface area (Å²) in [5.74, 6) is 0.325. The van der Waals surface area contributed by atoms with Crippen LogP contribution in [0, 0.1) is 22.7 Å². The van der Waals surface area contributed by atoms with Gasteiger partial charge in [-0.3, -0.25) is 4.79 Å². The van der Waals surface area contributed by atoms with Crippen molar-refractivity contribution in [3.05, 3.63) is 23.2 Å². The Labute approximate surface area is 143 Å². The Bertz CT molecular complexity index is 464. The number of esters is 1. The number of ether oxygens (including phenoxy) is 1. The number of halogens is 2. The summed E-state index contributed by atoms with van der Waals surface area (Å²) in [5.41, 5.74) is -0.814. The van der Waals surface area contributed by atoms with Gasteiger partial charge in [0, 0.05) is 11.3 Å². The molecule has 0 aliphatic heterocycles. The van der Waals surface area contributed by atoms with Crippen LogP contribution in [0.4, 0.5) is 0 Å². The molecule has 4 heteroatoms. The van der Waals surface area contributed by atoms with Gasteiger partial charge in [0.1, 0.15) is 4.49 Å². The van der Waals surface area contributed by atoms with E-state index in [-0.39, 0.29) is 21.8 Å². The lowest BCUT2D eigenvalue weighted by Crippen LogP contribution is -2.30. The van der Waals surface area contributed by atoms with Gasteiger partial charge in [-0.2, -0.15) is 0 Å². The van der Waals surface area contributed by atoms with Gasteiger partial charge in [-0.05, 0) is 38.2 Å². The molecule has 0 aromatic heterocycles. The van der Waals surface area contributed by atoms with E-state index in [1.54, 1.807) is 6.08 Å². The van der Waals surface area contributed by atoms with Crippen molar-refractivity contribution in [2.75, 3.05) is 6.61 Å². The smallest absolute Gasteiger partial charge is 0.317 e. The van der Waals surface area contributed by atoms with E-state index in [0.29, 0.717) is 12.5 Å². The third-order valence-corrected chi connectivity index (χ3v) is 6.13. The molecule has 0 amide bonds. The van der Waals surface area contributed by atoms with Crippen LogP contribution in [0.25, 0.3) is 0 Å². The summed E-state index contributed by atoms with van der Waals surface area (Å²) in [6, 6.07) is 0. The lowest BCUT2D eigenvalue weighted by atomic mass is 9.71. The lowest BCUT2D eigenvalue weighted by molar-refractivity contribution is -0.150. The molecule has 0 heterocycles. The van der Waals surface area contributed by atoms with Crippen LogP contribution in [0.5, 0.6) is 0 Å². The zero-order chi connectivity index (χ0) is 16.4. The van der Waals surface area contributed by atoms with Crippen LogP contribution in [0.1, 0.15) is 52.4 Å². The fourth-order valence-electron chi connectivity index (χ4n) is 5.00. The number of hydrogen-bond acceptors (Lipinski definition) is 2. The SMILES string of the molecule is C=CC1(C(=O)OCC)C(C=C(Cl)Cl)C1(CC)C1CCCCC1. The van der Waals surface area contributed by atoms with E-state index in [1.807, 2.05) is 13.0 Å². The van der Waals surface area contributed by atoms with E-state index >= 15 is 0 Å². The maximum Gasteiger partial charge on any atom is 0.317 e. The van der Waals surface area contributed by atoms with Gasteiger partial charge in [-0.1, -0.05) is 55.5 Å². The highest BCUT2D eigenvalue weighted by Gasteiger charge is 2.79. The topological polar surface area (TPSA) is 26.3 Å². The molecule has 0 spiro atoms. The second kappa shape index (κ2) is 6.97. The van der Waals surface area contributed by atoms with Crippen LogP contribution < -0.4 is 0 Å². The summed E-state index contributed by atoms with van der Waals surface area (Å²) < 4.78 is 5.62. The van der Waals surface area contributed by atoms with E-state index in [2.05, 4.69) is 13.5 Å². The Hall–Kier alpha value is -0.470. The summed E-state index contributed by atoms with van der Waals surface area (Å²) in [7, 11) is 0. The van der Waals surface area contributed by atoms with E-state index < -0.39 is 5.41 Å². The molecule has 3 unspecified atom stereocenters. The van der Waals surface area contributed by atoms with Gasteiger partial charge >= 0.3 is 5.97 Å². The molecule has 2 nitrogen and oxygen atoms in total. The van der Waals surface area contributed by atoms with Crippen LogP contribution in [-0.4, -0.2) is 12.6 Å². The minimum absolute atomic E-state index is 0.00495. The van der Waals surface area contributed by atoms with Crippen molar-refractivity contribution in [1.82, 2.24) is 0 Å². The number of rotatable bonds is 6. The molecule has 2 aliphatic rings. The molecule has 0 N–H and O–H groups in total.